The summed E-state index contributed by atoms with van der Waals surface area (Å²) in [6.07, 6.45) is 4.53. The predicted molar refractivity (Wildman–Crippen MR) is 146 cm³/mol. The van der Waals surface area contributed by atoms with E-state index in [4.69, 9.17) is 4.74 Å². The van der Waals surface area contributed by atoms with Crippen LogP contribution in [0.25, 0.3) is 17.2 Å². The predicted octanol–water partition coefficient (Wildman–Crippen LogP) is 3.15. The third kappa shape index (κ3) is 7.43. The van der Waals surface area contributed by atoms with E-state index >= 15 is 0 Å². The van der Waals surface area contributed by atoms with Gasteiger partial charge in [0, 0.05) is 0 Å². The Labute approximate surface area is 232 Å². The molecule has 0 unspecified atom stereocenters. The fraction of sp³-hybridized carbons (Fsp3) is 0.370. The summed E-state index contributed by atoms with van der Waals surface area (Å²) in [5.41, 5.74) is 3.32. The van der Waals surface area contributed by atoms with Crippen molar-refractivity contribution in [1.29, 1.82) is 0 Å². The Bertz CT molecular complexity index is 1420. The summed E-state index contributed by atoms with van der Waals surface area (Å²) in [6, 6.07) is 11.4. The van der Waals surface area contributed by atoms with Gasteiger partial charge in [0.1, 0.15) is 0 Å². The van der Waals surface area contributed by atoms with Crippen molar-refractivity contribution >= 4 is 25.8 Å². The first-order valence-corrected chi connectivity index (χ1v) is 13.8. The van der Waals surface area contributed by atoms with Crippen molar-refractivity contribution < 1.29 is 23.7 Å². The van der Waals surface area contributed by atoms with Crippen LogP contribution in [0.3, 0.4) is 0 Å². The zero-order valence-corrected chi connectivity index (χ0v) is 23.0. The number of hydrogen-bond acceptors (Lipinski definition) is 8. The molecule has 1 saturated heterocycles. The van der Waals surface area contributed by atoms with Gasteiger partial charge < -0.3 is 0 Å². The van der Waals surface area contributed by atoms with Crippen molar-refractivity contribution in [1.82, 2.24) is 34.9 Å². The van der Waals surface area contributed by atoms with Gasteiger partial charge in [-0.25, -0.2) is 0 Å². The molecular formula is C27H30N7O5P. The van der Waals surface area contributed by atoms with Crippen LogP contribution in [0.2, 0.25) is 0 Å². The molecule has 3 heterocycles. The molecule has 2 aromatic heterocycles. The molecular weight excluding hydrogens is 533 g/mol. The standard InChI is InChI=1S/C27H30N7O5P/c1-2-3-17-39-27(37)33-15-13-32(14-16-33)26(36)21(10-18-40-38)30-25(35)22-19-23(34-12-7-11-28-34)31-24(29-22)20-8-5-4-6-9-20/h4-9,11-12,19,21H,2-3,10,13-17H2,1H3,(H,30,35)/t21-/m0/s1. The van der Waals surface area contributed by atoms with E-state index in [0.29, 0.717) is 36.9 Å². The molecule has 1 aromatic carbocycles. The van der Waals surface area contributed by atoms with Crippen LogP contribution in [0, 0.1) is 5.63 Å². The van der Waals surface area contributed by atoms with Crippen molar-refractivity contribution in [3.63, 3.8) is 0 Å². The second kappa shape index (κ2) is 14.2. The Kier molecular flexibility index (Phi) is 10.2. The molecule has 3 aromatic rings. The number of aromatic nitrogens is 4. The van der Waals surface area contributed by atoms with Crippen LogP contribution in [0.1, 0.15) is 36.7 Å². The Balaban J connectivity index is 1.50. The van der Waals surface area contributed by atoms with E-state index in [2.05, 4.69) is 26.0 Å². The molecule has 1 atom stereocenters. The molecule has 0 spiro atoms. The van der Waals surface area contributed by atoms with Crippen LogP contribution in [-0.2, 0) is 14.1 Å². The summed E-state index contributed by atoms with van der Waals surface area (Å²) in [5, 5.41) is 6.93. The third-order valence-electron chi connectivity index (χ3n) is 6.25. The van der Waals surface area contributed by atoms with E-state index in [1.54, 1.807) is 28.3 Å². The minimum absolute atomic E-state index is 0.0384. The first-order valence-electron chi connectivity index (χ1n) is 13.0. The van der Waals surface area contributed by atoms with Crippen LogP contribution in [0.5, 0.6) is 0 Å². The summed E-state index contributed by atoms with van der Waals surface area (Å²) >= 11 is 0. The number of carbonyl (C=O) groups excluding carboxylic acids is 3. The molecule has 208 valence electrons. The monoisotopic (exact) mass is 563 g/mol. The average Bonchev–Trinajstić information content (AvgIpc) is 3.54. The fourth-order valence-electron chi connectivity index (χ4n) is 4.07. The van der Waals surface area contributed by atoms with Gasteiger partial charge in [-0.3, -0.25) is 0 Å². The molecule has 0 bridgehead atoms. The normalized spacial score (nSPS) is 13.7. The number of amides is 3. The Morgan fingerprint density at radius 2 is 1.82 bits per heavy atom. The van der Waals surface area contributed by atoms with E-state index in [0.717, 1.165) is 12.8 Å². The van der Waals surface area contributed by atoms with Gasteiger partial charge in [-0.1, -0.05) is 13.3 Å². The van der Waals surface area contributed by atoms with Gasteiger partial charge in [0.05, 0.1) is 0 Å². The van der Waals surface area contributed by atoms with Gasteiger partial charge in [0.25, 0.3) is 0 Å². The molecule has 0 saturated carbocycles. The van der Waals surface area contributed by atoms with Gasteiger partial charge >= 0.3 is 219 Å². The molecule has 4 rings (SSSR count). The van der Waals surface area contributed by atoms with Gasteiger partial charge in [-0.15, -0.1) is 0 Å². The fourth-order valence-corrected chi connectivity index (χ4v) is 4.33. The second-order valence-corrected chi connectivity index (χ2v) is 9.51. The number of nitrogens with one attached hydrogen (secondary N) is 1. The van der Waals surface area contributed by atoms with Gasteiger partial charge in [0.2, 0.25) is 0 Å². The maximum absolute atomic E-state index is 13.4. The Hall–Kier alpha value is -4.27. The molecule has 13 heteroatoms. The van der Waals surface area contributed by atoms with Crippen molar-refractivity contribution in [2.45, 2.75) is 32.2 Å². The first-order chi connectivity index (χ1) is 19.5. The summed E-state index contributed by atoms with van der Waals surface area (Å²) in [7, 11) is -0.378. The average molecular weight is 564 g/mol. The number of ether oxygens (including phenoxy) is 1. The summed E-state index contributed by atoms with van der Waals surface area (Å²) < 4.78 is 17.9. The molecule has 12 nitrogen and oxygen atoms in total. The van der Waals surface area contributed by atoms with Gasteiger partial charge in [-0.05, 0) is 0 Å². The quantitative estimate of drug-likeness (QED) is 0.309. The molecule has 0 radical (unpaired) electrons. The van der Waals surface area contributed by atoms with E-state index in [9.17, 15) is 18.9 Å². The van der Waals surface area contributed by atoms with Crippen molar-refractivity contribution in [2.75, 3.05) is 32.8 Å². The molecule has 1 aliphatic heterocycles. The van der Waals surface area contributed by atoms with Crippen LogP contribution in [0.4, 0.5) is 4.79 Å². The van der Waals surface area contributed by atoms with E-state index in [-0.39, 0.29) is 39.0 Å². The SMILES string of the molecule is CCCCOC(=O)N1CCN(C(=O)[C@H](CC#P=O)NC(=O)c2cc(-n3cccn3)nc(-c3ccccc3)n2)CC1. The number of nitrogens with zero attached hydrogens (tertiary/aromatic N) is 6. The Morgan fingerprint density at radius 3 is 2.50 bits per heavy atom. The number of piperazine rings is 1. The van der Waals surface area contributed by atoms with Crippen molar-refractivity contribution in [3.8, 4) is 22.8 Å². The minimum atomic E-state index is -1.03. The van der Waals surface area contributed by atoms with Gasteiger partial charge in [0.15, 0.2) is 0 Å². The topological polar surface area (TPSA) is 140 Å². The molecule has 1 fully saturated rings. The van der Waals surface area contributed by atoms with Crippen molar-refractivity contribution in [2.24, 2.45) is 0 Å². The zero-order valence-electron chi connectivity index (χ0n) is 22.1. The maximum atomic E-state index is 13.4. The van der Waals surface area contributed by atoms with Crippen LogP contribution >= 0.6 is 7.92 Å². The molecule has 1 aliphatic rings. The number of hydrogen-bond donors (Lipinski definition) is 1. The van der Waals surface area contributed by atoms with Crippen LogP contribution in [-0.4, -0.2) is 86.3 Å². The summed E-state index contributed by atoms with van der Waals surface area (Å²) in [4.78, 5) is 51.2. The number of carbonyl (C=O) groups is 3. The third-order valence-corrected chi connectivity index (χ3v) is 6.56. The summed E-state index contributed by atoms with van der Waals surface area (Å²) in [5.74, 6) is -0.272. The van der Waals surface area contributed by atoms with Crippen LogP contribution in [0.15, 0.2) is 54.9 Å². The van der Waals surface area contributed by atoms with E-state index < -0.39 is 18.0 Å². The summed E-state index contributed by atoms with van der Waals surface area (Å²) in [6.45, 7) is 3.55. The van der Waals surface area contributed by atoms with Crippen molar-refractivity contribution in [3.05, 3.63) is 60.6 Å². The second-order valence-electron chi connectivity index (χ2n) is 9.01. The molecule has 40 heavy (non-hydrogen) atoms. The molecule has 3 amide bonds. The van der Waals surface area contributed by atoms with Crippen LogP contribution < -0.4 is 5.32 Å². The number of benzene rings is 1. The number of unbranched alkanes of at least 4 members (excludes halogenated alkanes) is 1. The Morgan fingerprint density at radius 1 is 1.07 bits per heavy atom. The van der Waals surface area contributed by atoms with Gasteiger partial charge in [-0.2, -0.15) is 0 Å². The van der Waals surface area contributed by atoms with E-state index in [1.165, 1.54) is 10.7 Å². The molecule has 1 N–H and O–H groups in total. The first kappa shape index (κ1) is 28.7. The zero-order chi connectivity index (χ0) is 28.3. The number of rotatable bonds is 9. The van der Waals surface area contributed by atoms with E-state index in [1.807, 2.05) is 37.3 Å². The molecule has 0 aliphatic carbocycles.